The van der Waals surface area contributed by atoms with Crippen LogP contribution in [0.5, 0.6) is 5.75 Å². The van der Waals surface area contributed by atoms with Gasteiger partial charge in [0.05, 0.1) is 24.3 Å². The van der Waals surface area contributed by atoms with Gasteiger partial charge in [0.1, 0.15) is 5.75 Å². The van der Waals surface area contributed by atoms with Gasteiger partial charge in [-0.25, -0.2) is 9.69 Å². The first-order valence-electron chi connectivity index (χ1n) is 11.4. The molecule has 3 unspecified atom stereocenters. The second-order valence-electron chi connectivity index (χ2n) is 8.70. The minimum atomic E-state index is -3.28. The zero-order valence-electron chi connectivity index (χ0n) is 21.0. The number of aromatic hydroxyl groups is 1. The summed E-state index contributed by atoms with van der Waals surface area (Å²) in [5, 5.41) is 22.7. The maximum atomic E-state index is 13.5. The number of carbonyl (C=O) groups is 5. The standard InChI is InChI=1S/C23H35N7O7/c1-12(2)18(25)20(35)30(17(33)11-29-15-8-4-5-9-16(15)32)23(13(3)31,21(36)37)19(34)14(24)7-6-10-28-22(26)27/h4-5,8-9,12,14,18,29,32H,6-7,10-11,24-25H2,1-3H3,(H,36,37)(H4,26,27,28). The van der Waals surface area contributed by atoms with Crippen molar-refractivity contribution < 1.29 is 34.2 Å². The number of aliphatic carboxylic acids is 1. The lowest BCUT2D eigenvalue weighted by atomic mass is 9.81. The Hall–Kier alpha value is -4.04. The van der Waals surface area contributed by atoms with E-state index in [1.807, 2.05) is 0 Å². The molecule has 0 heterocycles. The van der Waals surface area contributed by atoms with Crippen molar-refractivity contribution in [2.75, 3.05) is 18.4 Å². The fourth-order valence-electron chi connectivity index (χ4n) is 3.49. The first kappa shape index (κ1) is 31.0. The predicted molar refractivity (Wildman–Crippen MR) is 135 cm³/mol. The van der Waals surface area contributed by atoms with Gasteiger partial charge in [-0.05, 0) is 37.8 Å². The number of hydrogen-bond donors (Lipinski definition) is 7. The molecule has 14 heteroatoms. The molecule has 2 amide bonds. The number of nitrogens with zero attached hydrogens (tertiary/aromatic N) is 2. The van der Waals surface area contributed by atoms with Crippen LogP contribution in [0, 0.1) is 5.92 Å². The average molecular weight is 522 g/mol. The summed E-state index contributed by atoms with van der Waals surface area (Å²) in [7, 11) is 0. The number of carboxylic acid groups (broad SMARTS) is 1. The van der Waals surface area contributed by atoms with Gasteiger partial charge in [0.25, 0.3) is 5.54 Å². The van der Waals surface area contributed by atoms with E-state index >= 15 is 0 Å². The van der Waals surface area contributed by atoms with E-state index in [2.05, 4.69) is 10.3 Å². The summed E-state index contributed by atoms with van der Waals surface area (Å²) in [6.07, 6.45) is -0.0127. The molecule has 11 N–H and O–H groups in total. The van der Waals surface area contributed by atoms with Crippen LogP contribution in [0.25, 0.3) is 0 Å². The van der Waals surface area contributed by atoms with Crippen LogP contribution in [0.4, 0.5) is 5.69 Å². The Morgan fingerprint density at radius 3 is 2.19 bits per heavy atom. The van der Waals surface area contributed by atoms with Crippen LogP contribution in [0.15, 0.2) is 29.3 Å². The van der Waals surface area contributed by atoms with Gasteiger partial charge < -0.3 is 38.5 Å². The fraction of sp³-hybridized carbons (Fsp3) is 0.478. The Balaban J connectivity index is 3.55. The monoisotopic (exact) mass is 521 g/mol. The summed E-state index contributed by atoms with van der Waals surface area (Å²) in [5.41, 5.74) is 19.2. The maximum Gasteiger partial charge on any atom is 0.345 e. The topological polar surface area (TPSA) is 258 Å². The highest BCUT2D eigenvalue weighted by molar-refractivity contribution is 6.31. The molecule has 37 heavy (non-hydrogen) atoms. The van der Waals surface area contributed by atoms with Gasteiger partial charge in [-0.2, -0.15) is 0 Å². The number of Topliss-reactive ketones (excluding diaryl/α,β-unsaturated/α-hetero) is 2. The zero-order chi connectivity index (χ0) is 28.5. The third kappa shape index (κ3) is 7.24. The van der Waals surface area contributed by atoms with Gasteiger partial charge in [0.15, 0.2) is 17.5 Å². The van der Waals surface area contributed by atoms with Crippen molar-refractivity contribution in [1.82, 2.24) is 4.90 Å². The number of carboxylic acids is 1. The van der Waals surface area contributed by atoms with Crippen LogP contribution in [-0.4, -0.2) is 81.1 Å². The molecule has 3 atom stereocenters. The van der Waals surface area contributed by atoms with Crippen molar-refractivity contribution in [3.63, 3.8) is 0 Å². The first-order valence-corrected chi connectivity index (χ1v) is 11.4. The number of imide groups is 1. The molecule has 0 bridgehead atoms. The Morgan fingerprint density at radius 1 is 1.11 bits per heavy atom. The summed E-state index contributed by atoms with van der Waals surface area (Å²) in [5.74, 6) is -8.28. The summed E-state index contributed by atoms with van der Waals surface area (Å²) >= 11 is 0. The van der Waals surface area contributed by atoms with Crippen molar-refractivity contribution in [1.29, 1.82) is 0 Å². The number of aliphatic imine (C=N–C) groups is 1. The number of ketones is 2. The molecule has 1 aromatic rings. The SMILES string of the molecule is CC(=O)C(C(=O)O)(C(=O)C(N)CCCN=C(N)N)N(C(=O)CNc1ccccc1O)C(=O)C(N)C(C)C. The lowest BCUT2D eigenvalue weighted by Gasteiger charge is -2.39. The van der Waals surface area contributed by atoms with Crippen molar-refractivity contribution >= 4 is 41.0 Å². The quantitative estimate of drug-likeness (QED) is 0.0485. The second-order valence-corrected chi connectivity index (χ2v) is 8.70. The lowest BCUT2D eigenvalue weighted by molar-refractivity contribution is -0.174. The largest absolute Gasteiger partial charge is 0.506 e. The molecule has 0 radical (unpaired) electrons. The van der Waals surface area contributed by atoms with Crippen molar-refractivity contribution in [2.45, 2.75) is 51.2 Å². The molecule has 0 aliphatic carbocycles. The van der Waals surface area contributed by atoms with Crippen LogP contribution in [0.1, 0.15) is 33.6 Å². The van der Waals surface area contributed by atoms with Gasteiger partial charge in [0, 0.05) is 6.54 Å². The molecule has 0 aliphatic heterocycles. The number of amides is 2. The molecule has 1 aromatic carbocycles. The number of guanidine groups is 1. The van der Waals surface area contributed by atoms with E-state index in [0.29, 0.717) is 0 Å². The summed E-state index contributed by atoms with van der Waals surface area (Å²) in [4.78, 5) is 69.5. The normalized spacial score (nSPS) is 14.1. The molecule has 0 aromatic heterocycles. The number of para-hydroxylation sites is 2. The number of hydrogen-bond acceptors (Lipinski definition) is 10. The second kappa shape index (κ2) is 13.3. The molecule has 0 saturated heterocycles. The van der Waals surface area contributed by atoms with Gasteiger partial charge in [-0.1, -0.05) is 26.0 Å². The Morgan fingerprint density at radius 2 is 1.70 bits per heavy atom. The van der Waals surface area contributed by atoms with Crippen LogP contribution in [-0.2, 0) is 24.0 Å². The number of nitrogens with one attached hydrogen (secondary N) is 1. The molecule has 0 saturated carbocycles. The highest BCUT2D eigenvalue weighted by atomic mass is 16.4. The molecule has 0 spiro atoms. The number of rotatable bonds is 14. The zero-order valence-corrected chi connectivity index (χ0v) is 21.0. The number of nitrogens with two attached hydrogens (primary N) is 4. The average Bonchev–Trinajstić information content (AvgIpc) is 2.82. The van der Waals surface area contributed by atoms with Gasteiger partial charge >= 0.3 is 5.97 Å². The van der Waals surface area contributed by atoms with E-state index in [4.69, 9.17) is 22.9 Å². The van der Waals surface area contributed by atoms with Crippen LogP contribution in [0.3, 0.4) is 0 Å². The molecule has 204 valence electrons. The Kier molecular flexibility index (Phi) is 11.2. The summed E-state index contributed by atoms with van der Waals surface area (Å²) < 4.78 is 0. The predicted octanol–water partition coefficient (Wildman–Crippen LogP) is -1.49. The Labute approximate surface area is 214 Å². The minimum absolute atomic E-state index is 0.0632. The molecule has 0 aliphatic rings. The minimum Gasteiger partial charge on any atom is -0.506 e. The number of carbonyl (C=O) groups excluding carboxylic acids is 4. The number of benzene rings is 1. The van der Waals surface area contributed by atoms with Crippen LogP contribution in [0.2, 0.25) is 0 Å². The lowest BCUT2D eigenvalue weighted by Crippen LogP contribution is -2.73. The third-order valence-electron chi connectivity index (χ3n) is 5.62. The van der Waals surface area contributed by atoms with Gasteiger partial charge in [0.2, 0.25) is 11.8 Å². The number of anilines is 1. The highest BCUT2D eigenvalue weighted by Gasteiger charge is 2.61. The van der Waals surface area contributed by atoms with E-state index in [1.165, 1.54) is 18.2 Å². The number of phenols is 1. The van der Waals surface area contributed by atoms with E-state index < -0.39 is 59.4 Å². The van der Waals surface area contributed by atoms with E-state index in [0.717, 1.165) is 6.92 Å². The van der Waals surface area contributed by atoms with E-state index in [1.54, 1.807) is 19.9 Å². The van der Waals surface area contributed by atoms with Crippen molar-refractivity contribution in [3.8, 4) is 5.75 Å². The van der Waals surface area contributed by atoms with E-state index in [9.17, 15) is 34.2 Å². The van der Waals surface area contributed by atoms with Gasteiger partial charge in [-0.15, -0.1) is 0 Å². The maximum absolute atomic E-state index is 13.5. The van der Waals surface area contributed by atoms with Crippen LogP contribution < -0.4 is 28.3 Å². The first-order chi connectivity index (χ1) is 17.2. The third-order valence-corrected chi connectivity index (χ3v) is 5.62. The summed E-state index contributed by atoms with van der Waals surface area (Å²) in [6, 6.07) is 2.81. The van der Waals surface area contributed by atoms with Crippen molar-refractivity contribution in [2.24, 2.45) is 33.8 Å². The number of phenolic OH excluding ortho intramolecular Hbond substituents is 1. The molecule has 0 fully saturated rings. The summed E-state index contributed by atoms with van der Waals surface area (Å²) in [6.45, 7) is 3.15. The molecule has 14 nitrogen and oxygen atoms in total. The highest BCUT2D eigenvalue weighted by Crippen LogP contribution is 2.26. The molecular weight excluding hydrogens is 486 g/mol. The molecule has 1 rings (SSSR count). The van der Waals surface area contributed by atoms with Crippen molar-refractivity contribution in [3.05, 3.63) is 24.3 Å². The molecular formula is C23H35N7O7. The Bertz CT molecular complexity index is 1040. The smallest absolute Gasteiger partial charge is 0.345 e. The fourth-order valence-corrected chi connectivity index (χ4v) is 3.49. The van der Waals surface area contributed by atoms with Gasteiger partial charge in [-0.3, -0.25) is 24.2 Å². The van der Waals surface area contributed by atoms with Crippen LogP contribution >= 0.6 is 0 Å². The van der Waals surface area contributed by atoms with E-state index in [-0.39, 0.29) is 41.7 Å².